The molecule has 0 bridgehead atoms. The van der Waals surface area contributed by atoms with Crippen LogP contribution in [0.5, 0.6) is 0 Å². The van der Waals surface area contributed by atoms with Crippen LogP contribution in [0.2, 0.25) is 0 Å². The smallest absolute Gasteiger partial charge is 0.196 e. The van der Waals surface area contributed by atoms with Crippen molar-refractivity contribution < 1.29 is 14.6 Å². The second kappa shape index (κ2) is 7.46. The third-order valence-electron chi connectivity index (χ3n) is 5.36. The van der Waals surface area contributed by atoms with Crippen molar-refractivity contribution in [3.63, 3.8) is 0 Å². The van der Waals surface area contributed by atoms with Crippen molar-refractivity contribution in [1.82, 2.24) is 14.3 Å². The topological polar surface area (TPSA) is 61.4 Å². The van der Waals surface area contributed by atoms with Gasteiger partial charge in [0.05, 0.1) is 23.5 Å². The van der Waals surface area contributed by atoms with Gasteiger partial charge in [0.15, 0.2) is 6.29 Å². The number of aromatic nitrogens is 3. The molecule has 1 unspecified atom stereocenters. The van der Waals surface area contributed by atoms with Gasteiger partial charge in [-0.05, 0) is 32.8 Å². The first-order chi connectivity index (χ1) is 13.1. The molecule has 0 saturated heterocycles. The van der Waals surface area contributed by atoms with Gasteiger partial charge in [0.2, 0.25) is 0 Å². The fourth-order valence-corrected chi connectivity index (χ4v) is 4.01. The minimum Gasteiger partial charge on any atom is -0.375 e. The molecule has 1 aliphatic heterocycles. The van der Waals surface area contributed by atoms with Crippen LogP contribution in [0.1, 0.15) is 43.1 Å². The summed E-state index contributed by atoms with van der Waals surface area (Å²) >= 11 is 0. The van der Waals surface area contributed by atoms with E-state index in [2.05, 4.69) is 29.7 Å². The first kappa shape index (κ1) is 18.2. The van der Waals surface area contributed by atoms with Gasteiger partial charge in [-0.3, -0.25) is 4.68 Å². The van der Waals surface area contributed by atoms with Crippen LogP contribution < -0.4 is 0 Å². The molecule has 1 N–H and O–H groups in total. The van der Waals surface area contributed by atoms with E-state index in [1.165, 1.54) is 0 Å². The van der Waals surface area contributed by atoms with Gasteiger partial charge in [-0.1, -0.05) is 18.2 Å². The Bertz CT molecular complexity index is 957. The number of rotatable bonds is 3. The molecule has 6 nitrogen and oxygen atoms in total. The summed E-state index contributed by atoms with van der Waals surface area (Å²) in [5.74, 6) is 0. The van der Waals surface area contributed by atoms with Gasteiger partial charge in [-0.15, -0.1) is 0 Å². The molecule has 1 aromatic carbocycles. The van der Waals surface area contributed by atoms with E-state index in [0.717, 1.165) is 58.5 Å². The van der Waals surface area contributed by atoms with E-state index >= 15 is 0 Å². The Kier molecular flexibility index (Phi) is 5.04. The molecule has 6 heteroatoms. The van der Waals surface area contributed by atoms with Crippen molar-refractivity contribution >= 4 is 10.9 Å². The summed E-state index contributed by atoms with van der Waals surface area (Å²) < 4.78 is 15.5. The Labute approximate surface area is 159 Å². The predicted octanol–water partition coefficient (Wildman–Crippen LogP) is 3.69. The number of para-hydroxylation sites is 1. The van der Waals surface area contributed by atoms with E-state index in [0.29, 0.717) is 19.8 Å². The predicted molar refractivity (Wildman–Crippen MR) is 104 cm³/mol. The van der Waals surface area contributed by atoms with Gasteiger partial charge >= 0.3 is 0 Å². The summed E-state index contributed by atoms with van der Waals surface area (Å²) in [6, 6.07) is 8.35. The molecule has 0 radical (unpaired) electrons. The normalized spacial score (nSPS) is 16.1. The highest BCUT2D eigenvalue weighted by molar-refractivity contribution is 5.96. The SMILES string of the molecule is CCOC(O)c1cc2cccc3c2n1CCCCOCc1nn(C)c(C)c1-3. The number of benzene rings is 1. The summed E-state index contributed by atoms with van der Waals surface area (Å²) in [4.78, 5) is 0. The Hall–Kier alpha value is -2.15. The number of nitrogens with zero attached hydrogens (tertiary/aromatic N) is 3. The first-order valence-corrected chi connectivity index (χ1v) is 9.64. The Balaban J connectivity index is 2.00. The molecule has 144 valence electrons. The molecule has 0 amide bonds. The molecule has 0 spiro atoms. The highest BCUT2D eigenvalue weighted by Crippen LogP contribution is 2.37. The quantitative estimate of drug-likeness (QED) is 0.716. The molecule has 3 aromatic rings. The van der Waals surface area contributed by atoms with E-state index in [9.17, 15) is 5.11 Å². The zero-order valence-corrected chi connectivity index (χ0v) is 16.2. The van der Waals surface area contributed by atoms with Crippen LogP contribution in [0.25, 0.3) is 22.0 Å². The van der Waals surface area contributed by atoms with E-state index < -0.39 is 6.29 Å². The van der Waals surface area contributed by atoms with Crippen LogP contribution in [0.4, 0.5) is 0 Å². The van der Waals surface area contributed by atoms with Gasteiger partial charge in [0.25, 0.3) is 0 Å². The molecule has 0 saturated carbocycles. The average molecular weight is 369 g/mol. The fraction of sp³-hybridized carbons (Fsp3) is 0.476. The summed E-state index contributed by atoms with van der Waals surface area (Å²) in [6.07, 6.45) is 1.02. The number of fused-ring (bicyclic) bond motifs is 2. The van der Waals surface area contributed by atoms with E-state index in [1.54, 1.807) is 0 Å². The molecule has 1 atom stereocenters. The summed E-state index contributed by atoms with van der Waals surface area (Å²) in [7, 11) is 1.97. The average Bonchev–Trinajstić information content (AvgIpc) is 3.15. The molecule has 1 aliphatic rings. The number of ether oxygens (including phenoxy) is 2. The largest absolute Gasteiger partial charge is 0.375 e. The first-order valence-electron chi connectivity index (χ1n) is 9.64. The molecule has 3 heterocycles. The van der Waals surface area contributed by atoms with Crippen LogP contribution >= 0.6 is 0 Å². The lowest BCUT2D eigenvalue weighted by atomic mass is 10.0. The van der Waals surface area contributed by atoms with Crippen LogP contribution in [0.3, 0.4) is 0 Å². The highest BCUT2D eigenvalue weighted by Gasteiger charge is 2.23. The van der Waals surface area contributed by atoms with Gasteiger partial charge in [-0.25, -0.2) is 0 Å². The van der Waals surface area contributed by atoms with Crippen LogP contribution in [-0.4, -0.2) is 32.7 Å². The van der Waals surface area contributed by atoms with Gasteiger partial charge < -0.3 is 19.1 Å². The maximum absolute atomic E-state index is 10.6. The van der Waals surface area contributed by atoms with E-state index in [1.807, 2.05) is 24.7 Å². The monoisotopic (exact) mass is 369 g/mol. The number of hydrogen-bond donors (Lipinski definition) is 1. The molecule has 4 rings (SSSR count). The summed E-state index contributed by atoms with van der Waals surface area (Å²) in [5.41, 5.74) is 6.27. The molecular formula is C21H27N3O3. The Morgan fingerprint density at radius 3 is 3.00 bits per heavy atom. The number of aliphatic hydroxyl groups is 1. The zero-order valence-electron chi connectivity index (χ0n) is 16.2. The van der Waals surface area contributed by atoms with Gasteiger partial charge in [0, 0.05) is 49.0 Å². The van der Waals surface area contributed by atoms with Gasteiger partial charge in [0.1, 0.15) is 0 Å². The lowest BCUT2D eigenvalue weighted by Crippen LogP contribution is -2.11. The third kappa shape index (κ3) is 3.18. The summed E-state index contributed by atoms with van der Waals surface area (Å²) in [6.45, 7) is 6.50. The number of aliphatic hydroxyl groups excluding tert-OH is 1. The fourth-order valence-electron chi connectivity index (χ4n) is 4.01. The van der Waals surface area contributed by atoms with E-state index in [-0.39, 0.29) is 0 Å². The lowest BCUT2D eigenvalue weighted by Gasteiger charge is -2.16. The molecule has 0 aliphatic carbocycles. The van der Waals surface area contributed by atoms with Gasteiger partial charge in [-0.2, -0.15) is 5.10 Å². The number of aryl methyl sites for hydroxylation is 2. The van der Waals surface area contributed by atoms with Crippen LogP contribution in [-0.2, 0) is 29.7 Å². The van der Waals surface area contributed by atoms with Crippen molar-refractivity contribution in [3.8, 4) is 11.1 Å². The van der Waals surface area contributed by atoms with Crippen molar-refractivity contribution in [2.45, 2.75) is 46.1 Å². The summed E-state index contributed by atoms with van der Waals surface area (Å²) in [5, 5.41) is 16.4. The lowest BCUT2D eigenvalue weighted by molar-refractivity contribution is -0.102. The number of hydrogen-bond acceptors (Lipinski definition) is 4. The second-order valence-electron chi connectivity index (χ2n) is 7.06. The minimum atomic E-state index is -0.925. The standard InChI is InChI=1S/C21H27N3O3/c1-4-27-21(25)18-12-15-8-7-9-16-19-14(2)23(3)22-17(19)13-26-11-6-5-10-24(18)20(15)16/h7-9,12,21,25H,4-6,10-11,13H2,1-3H3. The Morgan fingerprint density at radius 2 is 2.19 bits per heavy atom. The van der Waals surface area contributed by atoms with Crippen molar-refractivity contribution in [2.75, 3.05) is 13.2 Å². The maximum Gasteiger partial charge on any atom is 0.196 e. The zero-order chi connectivity index (χ0) is 19.0. The van der Waals surface area contributed by atoms with Crippen molar-refractivity contribution in [1.29, 1.82) is 0 Å². The Morgan fingerprint density at radius 1 is 1.33 bits per heavy atom. The van der Waals surface area contributed by atoms with Crippen molar-refractivity contribution in [2.24, 2.45) is 7.05 Å². The van der Waals surface area contributed by atoms with Crippen LogP contribution in [0.15, 0.2) is 24.3 Å². The molecule has 27 heavy (non-hydrogen) atoms. The third-order valence-corrected chi connectivity index (χ3v) is 5.36. The van der Waals surface area contributed by atoms with E-state index in [4.69, 9.17) is 14.6 Å². The minimum absolute atomic E-state index is 0.468. The van der Waals surface area contributed by atoms with Crippen LogP contribution in [0, 0.1) is 6.92 Å². The van der Waals surface area contributed by atoms with Crippen molar-refractivity contribution in [3.05, 3.63) is 41.3 Å². The maximum atomic E-state index is 10.6. The molecule has 2 aromatic heterocycles. The molecule has 0 fully saturated rings. The molecular weight excluding hydrogens is 342 g/mol. The second-order valence-corrected chi connectivity index (χ2v) is 7.06. The highest BCUT2D eigenvalue weighted by atomic mass is 16.6.